The van der Waals surface area contributed by atoms with Crippen LogP contribution in [0.15, 0.2) is 52.3 Å². The molecule has 3 nitrogen and oxygen atoms in total. The van der Waals surface area contributed by atoms with E-state index in [1.54, 1.807) is 6.20 Å². The van der Waals surface area contributed by atoms with E-state index in [1.807, 2.05) is 41.2 Å². The number of azo groups is 1. The predicted octanol–water partition coefficient (Wildman–Crippen LogP) is 8.91. The Morgan fingerprint density at radius 1 is 1.19 bits per heavy atom. The largest absolute Gasteiger partial charge is 0.427 e. The molecule has 4 heteroatoms. The van der Waals surface area contributed by atoms with Crippen molar-refractivity contribution < 1.29 is 3.07 Å². The van der Waals surface area contributed by atoms with Crippen molar-refractivity contribution in [1.29, 1.82) is 0 Å². The second-order valence-corrected chi connectivity index (χ2v) is 7.64. The molecule has 0 aliphatic carbocycles. The Kier molecular flexibility index (Phi) is 13.1. The van der Waals surface area contributed by atoms with Crippen LogP contribution in [-0.4, -0.2) is 0 Å². The molecule has 0 aromatic heterocycles. The first-order valence-corrected chi connectivity index (χ1v) is 11.2. The first-order chi connectivity index (χ1) is 13.1. The molecule has 1 aromatic carbocycles. The Bertz CT molecular complexity index is 623. The number of rotatable bonds is 13. The molecule has 1 aromatic rings. The Morgan fingerprint density at radius 3 is 2.67 bits per heavy atom. The topological polar surface area (TPSA) is 34.0 Å². The minimum Gasteiger partial charge on any atom is -0.427 e. The lowest BCUT2D eigenvalue weighted by molar-refractivity contribution is 0.478. The van der Waals surface area contributed by atoms with Gasteiger partial charge in [0.15, 0.2) is 23.0 Å². The summed E-state index contributed by atoms with van der Waals surface area (Å²) in [5.74, 6) is 1.68. The summed E-state index contributed by atoms with van der Waals surface area (Å²) < 4.78 is 5.52. The molecule has 0 amide bonds. The average Bonchev–Trinajstić information content (AvgIpc) is 2.70. The van der Waals surface area contributed by atoms with Gasteiger partial charge in [-0.15, -0.1) is 0 Å². The number of benzene rings is 1. The zero-order valence-corrected chi connectivity index (χ0v) is 19.5. The summed E-state index contributed by atoms with van der Waals surface area (Å²) >= 11 is 1.93. The van der Waals surface area contributed by atoms with Crippen LogP contribution >= 0.6 is 23.0 Å². The van der Waals surface area contributed by atoms with Gasteiger partial charge in [0.25, 0.3) is 0 Å². The molecule has 0 N–H and O–H groups in total. The molecule has 0 saturated heterocycles. The maximum absolute atomic E-state index is 5.52. The molecule has 27 heavy (non-hydrogen) atoms. The van der Waals surface area contributed by atoms with E-state index in [1.165, 1.54) is 37.7 Å². The summed E-state index contributed by atoms with van der Waals surface area (Å²) in [4.78, 5) is 0. The van der Waals surface area contributed by atoms with E-state index in [0.717, 1.165) is 42.2 Å². The third-order valence-electron chi connectivity index (χ3n) is 4.86. The van der Waals surface area contributed by atoms with E-state index in [0.29, 0.717) is 0 Å². The molecule has 0 spiro atoms. The molecule has 150 valence electrons. The molecular weight excluding hydrogens is 447 g/mol. The monoisotopic (exact) mass is 482 g/mol. The number of nitrogens with zero attached hydrogens (tertiary/aromatic N) is 2. The van der Waals surface area contributed by atoms with E-state index in [9.17, 15) is 0 Å². The predicted molar refractivity (Wildman–Crippen MR) is 125 cm³/mol. The fraction of sp³-hybridized carbons (Fsp3) is 0.565. The second-order valence-electron chi connectivity index (χ2n) is 7.20. The Hall–Kier alpha value is -1.17. The van der Waals surface area contributed by atoms with Gasteiger partial charge in [-0.05, 0) is 49.8 Å². The fourth-order valence-electron chi connectivity index (χ4n) is 2.86. The van der Waals surface area contributed by atoms with Crippen molar-refractivity contribution in [3.05, 3.63) is 47.7 Å². The van der Waals surface area contributed by atoms with E-state index >= 15 is 0 Å². The molecule has 0 saturated carbocycles. The maximum atomic E-state index is 5.52. The van der Waals surface area contributed by atoms with Crippen LogP contribution in [0.5, 0.6) is 5.75 Å². The highest BCUT2D eigenvalue weighted by atomic mass is 127. The maximum Gasteiger partial charge on any atom is 0.192 e. The molecule has 1 unspecified atom stereocenters. The van der Waals surface area contributed by atoms with E-state index < -0.39 is 0 Å². The van der Waals surface area contributed by atoms with Crippen LogP contribution in [0.3, 0.4) is 0 Å². The smallest absolute Gasteiger partial charge is 0.192 e. The van der Waals surface area contributed by atoms with E-state index in [4.69, 9.17) is 3.07 Å². The Morgan fingerprint density at radius 2 is 1.96 bits per heavy atom. The number of hydrogen-bond donors (Lipinski definition) is 0. The van der Waals surface area contributed by atoms with Crippen molar-refractivity contribution in [2.75, 3.05) is 0 Å². The molecule has 0 fully saturated rings. The van der Waals surface area contributed by atoms with Crippen molar-refractivity contribution in [3.63, 3.8) is 0 Å². The summed E-state index contributed by atoms with van der Waals surface area (Å²) in [6.07, 6.45) is 13.4. The first-order valence-electron chi connectivity index (χ1n) is 10.3. The van der Waals surface area contributed by atoms with Crippen molar-refractivity contribution >= 4 is 28.7 Å². The number of halogens is 1. The highest BCUT2D eigenvalue weighted by Gasteiger charge is 2.11. The molecule has 0 aliphatic rings. The number of allylic oxidation sites excluding steroid dienone is 2. The van der Waals surface area contributed by atoms with Gasteiger partial charge in [0.2, 0.25) is 0 Å². The highest BCUT2D eigenvalue weighted by molar-refractivity contribution is 14.1. The van der Waals surface area contributed by atoms with Gasteiger partial charge in [0, 0.05) is 11.8 Å². The fourth-order valence-corrected chi connectivity index (χ4v) is 3.24. The molecule has 0 heterocycles. The van der Waals surface area contributed by atoms with Crippen LogP contribution in [0.1, 0.15) is 84.6 Å². The van der Waals surface area contributed by atoms with Crippen molar-refractivity contribution in [1.82, 2.24) is 0 Å². The van der Waals surface area contributed by atoms with Crippen molar-refractivity contribution in [2.45, 2.75) is 79.1 Å². The lowest BCUT2D eigenvalue weighted by Gasteiger charge is -2.11. The third kappa shape index (κ3) is 9.54. The number of hydrogen-bond acceptors (Lipinski definition) is 3. The lowest BCUT2D eigenvalue weighted by atomic mass is 9.98. The second kappa shape index (κ2) is 14.8. The SMILES string of the molecule is CCC/C=C/N=N\C(=C(/C)CCCCCC(C)CC)c1ccccc1OI. The van der Waals surface area contributed by atoms with Crippen LogP contribution in [0.4, 0.5) is 0 Å². The Balaban J connectivity index is 2.86. The molecule has 0 bridgehead atoms. The molecule has 0 aliphatic heterocycles. The summed E-state index contributed by atoms with van der Waals surface area (Å²) in [6.45, 7) is 8.95. The zero-order chi connectivity index (χ0) is 19.9. The molecule has 1 rings (SSSR count). The van der Waals surface area contributed by atoms with Gasteiger partial charge in [0.1, 0.15) is 5.75 Å². The van der Waals surface area contributed by atoms with Crippen LogP contribution < -0.4 is 3.07 Å². The van der Waals surface area contributed by atoms with Gasteiger partial charge < -0.3 is 3.07 Å². The summed E-state index contributed by atoms with van der Waals surface area (Å²) in [5, 5.41) is 8.84. The van der Waals surface area contributed by atoms with E-state index in [2.05, 4.69) is 50.1 Å². The van der Waals surface area contributed by atoms with E-state index in [-0.39, 0.29) is 0 Å². The van der Waals surface area contributed by atoms with Gasteiger partial charge in [0.05, 0.1) is 5.70 Å². The van der Waals surface area contributed by atoms with Crippen LogP contribution in [0, 0.1) is 5.92 Å². The van der Waals surface area contributed by atoms with Gasteiger partial charge in [-0.3, -0.25) is 0 Å². The normalized spacial score (nSPS) is 14.0. The lowest BCUT2D eigenvalue weighted by Crippen LogP contribution is -1.93. The molecular formula is C23H35IN2O. The van der Waals surface area contributed by atoms with Crippen molar-refractivity contribution in [3.8, 4) is 5.75 Å². The van der Waals surface area contributed by atoms with Crippen LogP contribution in [0.25, 0.3) is 5.70 Å². The van der Waals surface area contributed by atoms with Crippen molar-refractivity contribution in [2.24, 2.45) is 16.1 Å². The van der Waals surface area contributed by atoms with Gasteiger partial charge in [-0.1, -0.05) is 71.1 Å². The number of para-hydroxylation sites is 1. The van der Waals surface area contributed by atoms with Crippen LogP contribution in [0.2, 0.25) is 0 Å². The minimum absolute atomic E-state index is 0.834. The van der Waals surface area contributed by atoms with Gasteiger partial charge in [-0.25, -0.2) is 0 Å². The average molecular weight is 482 g/mol. The summed E-state index contributed by atoms with van der Waals surface area (Å²) in [5.41, 5.74) is 3.22. The summed E-state index contributed by atoms with van der Waals surface area (Å²) in [6, 6.07) is 8.04. The minimum atomic E-state index is 0.834. The Labute approximate surface area is 180 Å². The van der Waals surface area contributed by atoms with Gasteiger partial charge >= 0.3 is 0 Å². The number of unbranched alkanes of at least 4 members (excludes halogenated alkanes) is 3. The standard InChI is InChI=1S/C23H35IN2O/c1-5-7-13-18-25-26-23(21-16-11-12-17-22(21)27-24)20(4)15-10-8-9-14-19(3)6-2/h11-13,16-19H,5-10,14-15H2,1-4H3/b18-13+,23-20+,26-25-. The summed E-state index contributed by atoms with van der Waals surface area (Å²) in [7, 11) is 0. The zero-order valence-electron chi connectivity index (χ0n) is 17.4. The van der Waals surface area contributed by atoms with Gasteiger partial charge in [-0.2, -0.15) is 10.2 Å². The molecule has 0 radical (unpaired) electrons. The van der Waals surface area contributed by atoms with Crippen LogP contribution in [-0.2, 0) is 0 Å². The quantitative estimate of drug-likeness (QED) is 0.157. The first kappa shape index (κ1) is 23.9. The highest BCUT2D eigenvalue weighted by Crippen LogP contribution is 2.32. The molecule has 1 atom stereocenters. The third-order valence-corrected chi connectivity index (χ3v) is 5.33.